The number of fused-ring (bicyclic) bond motifs is 1. The van der Waals surface area contributed by atoms with Gasteiger partial charge in [0.05, 0.1) is 0 Å². The number of aryl methyl sites for hydroxylation is 1. The van der Waals surface area contributed by atoms with Crippen LogP contribution >= 0.6 is 0 Å². The van der Waals surface area contributed by atoms with Gasteiger partial charge in [-0.05, 0) is 30.7 Å². The topological polar surface area (TPSA) is 81.3 Å². The molecule has 0 spiro atoms. The van der Waals surface area contributed by atoms with Crippen molar-refractivity contribution in [2.75, 3.05) is 5.32 Å². The van der Waals surface area contributed by atoms with Crippen LogP contribution in [0.2, 0.25) is 0 Å². The summed E-state index contributed by atoms with van der Waals surface area (Å²) in [6.07, 6.45) is 3.21. The number of aromatic nitrogens is 4. The Morgan fingerprint density at radius 3 is 2.90 bits per heavy atom. The van der Waals surface area contributed by atoms with Crippen LogP contribution in [0.15, 0.2) is 47.5 Å². The number of carbonyl (C=O) groups is 1. The fourth-order valence-electron chi connectivity index (χ4n) is 2.00. The molecule has 106 valence electrons. The molecule has 3 rings (SSSR count). The van der Waals surface area contributed by atoms with Gasteiger partial charge in [-0.3, -0.25) is 9.20 Å². The Balaban J connectivity index is 1.82. The molecule has 21 heavy (non-hydrogen) atoms. The molecule has 0 aliphatic heterocycles. The van der Waals surface area contributed by atoms with Gasteiger partial charge >= 0.3 is 5.69 Å². The molecule has 7 heteroatoms. The molecule has 3 aromatic rings. The summed E-state index contributed by atoms with van der Waals surface area (Å²) in [5, 5.41) is 6.77. The lowest BCUT2D eigenvalue weighted by molar-refractivity contribution is -0.117. The van der Waals surface area contributed by atoms with E-state index in [4.69, 9.17) is 0 Å². The highest BCUT2D eigenvalue weighted by Gasteiger charge is 2.11. The number of hydrogen-bond acceptors (Lipinski definition) is 4. The largest absolute Gasteiger partial charge is 0.350 e. The van der Waals surface area contributed by atoms with Crippen LogP contribution in [0.25, 0.3) is 5.65 Å². The monoisotopic (exact) mass is 283 g/mol. The summed E-state index contributed by atoms with van der Waals surface area (Å²) in [7, 11) is 0. The van der Waals surface area contributed by atoms with Crippen molar-refractivity contribution < 1.29 is 4.79 Å². The van der Waals surface area contributed by atoms with E-state index in [9.17, 15) is 9.59 Å². The Hall–Kier alpha value is -2.96. The van der Waals surface area contributed by atoms with Crippen LogP contribution < -0.4 is 11.0 Å². The predicted octanol–water partition coefficient (Wildman–Crippen LogP) is 0.838. The maximum atomic E-state index is 12.1. The van der Waals surface area contributed by atoms with Crippen molar-refractivity contribution in [2.24, 2.45) is 0 Å². The Morgan fingerprint density at radius 1 is 1.29 bits per heavy atom. The quantitative estimate of drug-likeness (QED) is 0.772. The van der Waals surface area contributed by atoms with E-state index in [1.807, 2.05) is 13.0 Å². The van der Waals surface area contributed by atoms with Gasteiger partial charge in [0.15, 0.2) is 5.65 Å². The van der Waals surface area contributed by atoms with Crippen molar-refractivity contribution in [3.05, 3.63) is 58.8 Å². The van der Waals surface area contributed by atoms with Crippen molar-refractivity contribution in [3.8, 4) is 0 Å². The maximum Gasteiger partial charge on any atom is 0.350 e. The molecule has 3 heterocycles. The summed E-state index contributed by atoms with van der Waals surface area (Å²) in [5.74, 6) is 0.140. The molecule has 0 aliphatic carbocycles. The fraction of sp³-hybridized carbons (Fsp3) is 0.143. The molecule has 0 saturated heterocycles. The average Bonchev–Trinajstić information content (AvgIpc) is 2.78. The van der Waals surface area contributed by atoms with Crippen molar-refractivity contribution in [1.29, 1.82) is 0 Å². The highest BCUT2D eigenvalue weighted by molar-refractivity contribution is 5.90. The molecule has 1 N–H and O–H groups in total. The molecule has 0 aromatic carbocycles. The summed E-state index contributed by atoms with van der Waals surface area (Å²) in [6.45, 7) is 1.69. The lowest BCUT2D eigenvalue weighted by Gasteiger charge is -2.06. The predicted molar refractivity (Wildman–Crippen MR) is 77.1 cm³/mol. The molecule has 0 bridgehead atoms. The van der Waals surface area contributed by atoms with E-state index in [0.717, 1.165) is 10.2 Å². The second-order valence-corrected chi connectivity index (χ2v) is 4.59. The summed E-state index contributed by atoms with van der Waals surface area (Å²) in [6, 6.07) is 8.86. The molecule has 0 radical (unpaired) electrons. The zero-order valence-corrected chi connectivity index (χ0v) is 11.4. The number of nitrogens with one attached hydrogen (secondary N) is 1. The van der Waals surface area contributed by atoms with Gasteiger partial charge in [0.1, 0.15) is 12.4 Å². The molecule has 0 saturated carbocycles. The van der Waals surface area contributed by atoms with Crippen LogP contribution in [0.4, 0.5) is 5.82 Å². The first-order valence-corrected chi connectivity index (χ1v) is 6.41. The van der Waals surface area contributed by atoms with Crippen LogP contribution in [0.1, 0.15) is 5.56 Å². The Bertz CT molecular complexity index is 865. The second kappa shape index (κ2) is 5.20. The third-order valence-electron chi connectivity index (χ3n) is 3.05. The molecule has 0 aliphatic rings. The lowest BCUT2D eigenvalue weighted by atomic mass is 10.3. The number of hydrogen-bond donors (Lipinski definition) is 1. The fourth-order valence-corrected chi connectivity index (χ4v) is 2.00. The van der Waals surface area contributed by atoms with Crippen LogP contribution in [0, 0.1) is 6.92 Å². The molecule has 0 atom stereocenters. The minimum absolute atomic E-state index is 0.156. The highest BCUT2D eigenvalue weighted by atomic mass is 16.2. The number of rotatable bonds is 3. The summed E-state index contributed by atoms with van der Waals surface area (Å²) >= 11 is 0. The molecule has 0 unspecified atom stereocenters. The Kier molecular flexibility index (Phi) is 3.23. The first-order valence-electron chi connectivity index (χ1n) is 6.41. The molecule has 7 nitrogen and oxygen atoms in total. The first kappa shape index (κ1) is 13.0. The number of carbonyl (C=O) groups excluding carboxylic acids is 1. The first-order chi connectivity index (χ1) is 10.1. The van der Waals surface area contributed by atoms with E-state index in [2.05, 4.69) is 15.4 Å². The van der Waals surface area contributed by atoms with E-state index in [1.54, 1.807) is 36.7 Å². The van der Waals surface area contributed by atoms with Crippen molar-refractivity contribution >= 4 is 17.4 Å². The number of nitrogens with zero attached hydrogens (tertiary/aromatic N) is 4. The van der Waals surface area contributed by atoms with Gasteiger partial charge < -0.3 is 5.32 Å². The van der Waals surface area contributed by atoms with Gasteiger partial charge in [-0.1, -0.05) is 12.1 Å². The number of anilines is 1. The average molecular weight is 283 g/mol. The maximum absolute atomic E-state index is 12.1. The van der Waals surface area contributed by atoms with Crippen molar-refractivity contribution in [2.45, 2.75) is 13.5 Å². The van der Waals surface area contributed by atoms with E-state index in [-0.39, 0.29) is 18.1 Å². The molecular weight excluding hydrogens is 270 g/mol. The van der Waals surface area contributed by atoms with Crippen LogP contribution in [0.3, 0.4) is 0 Å². The molecular formula is C14H13N5O2. The highest BCUT2D eigenvalue weighted by Crippen LogP contribution is 2.08. The minimum atomic E-state index is -0.349. The number of amides is 1. The van der Waals surface area contributed by atoms with Gasteiger partial charge in [0, 0.05) is 12.4 Å². The summed E-state index contributed by atoms with van der Waals surface area (Å²) in [5.41, 5.74) is 1.01. The summed E-state index contributed by atoms with van der Waals surface area (Å²) < 4.78 is 2.52. The van der Waals surface area contributed by atoms with E-state index in [0.29, 0.717) is 11.5 Å². The van der Waals surface area contributed by atoms with E-state index < -0.39 is 0 Å². The van der Waals surface area contributed by atoms with Crippen LogP contribution in [-0.2, 0) is 11.3 Å². The van der Waals surface area contributed by atoms with Gasteiger partial charge in [0.25, 0.3) is 0 Å². The lowest BCUT2D eigenvalue weighted by Crippen LogP contribution is -2.28. The van der Waals surface area contributed by atoms with Gasteiger partial charge in [-0.2, -0.15) is 0 Å². The second-order valence-electron chi connectivity index (χ2n) is 4.59. The van der Waals surface area contributed by atoms with E-state index >= 15 is 0 Å². The minimum Gasteiger partial charge on any atom is -0.309 e. The SMILES string of the molecule is Cc1cccnc1NC(=O)Cn1nc2ccccn2c1=O. The smallest absolute Gasteiger partial charge is 0.309 e. The zero-order valence-electron chi connectivity index (χ0n) is 11.4. The summed E-state index contributed by atoms with van der Waals surface area (Å²) in [4.78, 5) is 28.1. The van der Waals surface area contributed by atoms with Crippen molar-refractivity contribution in [3.63, 3.8) is 0 Å². The standard InChI is InChI=1S/C14H13N5O2/c1-10-5-4-7-15-13(10)16-12(20)9-19-14(21)18-8-3-2-6-11(18)17-19/h2-8H,9H2,1H3,(H,15,16,20). The van der Waals surface area contributed by atoms with Crippen LogP contribution in [-0.4, -0.2) is 25.1 Å². The Labute approximate surface area is 119 Å². The Morgan fingerprint density at radius 2 is 2.14 bits per heavy atom. The third kappa shape index (κ3) is 2.53. The third-order valence-corrected chi connectivity index (χ3v) is 3.05. The van der Waals surface area contributed by atoms with Crippen LogP contribution in [0.5, 0.6) is 0 Å². The zero-order chi connectivity index (χ0) is 14.8. The molecule has 3 aromatic heterocycles. The molecule has 0 fully saturated rings. The normalized spacial score (nSPS) is 10.7. The van der Waals surface area contributed by atoms with Gasteiger partial charge in [-0.15, -0.1) is 5.10 Å². The van der Waals surface area contributed by atoms with Gasteiger partial charge in [0.2, 0.25) is 5.91 Å². The van der Waals surface area contributed by atoms with E-state index in [1.165, 1.54) is 4.40 Å². The van der Waals surface area contributed by atoms with Gasteiger partial charge in [-0.25, -0.2) is 14.5 Å². The molecule has 1 amide bonds. The van der Waals surface area contributed by atoms with Crippen molar-refractivity contribution in [1.82, 2.24) is 19.2 Å². The number of pyridine rings is 2.